The second-order valence-corrected chi connectivity index (χ2v) is 6.39. The Morgan fingerprint density at radius 2 is 1.68 bits per heavy atom. The lowest BCUT2D eigenvalue weighted by Crippen LogP contribution is -2.58. The minimum absolute atomic E-state index is 0.114. The van der Waals surface area contributed by atoms with Crippen LogP contribution in [0.15, 0.2) is 24.3 Å². The molecule has 2 aliphatic rings. The quantitative estimate of drug-likeness (QED) is 0.922. The summed E-state index contributed by atoms with van der Waals surface area (Å²) in [7, 11) is 0. The molecule has 1 heterocycles. The highest BCUT2D eigenvalue weighted by Gasteiger charge is 2.34. The van der Waals surface area contributed by atoms with Gasteiger partial charge in [0.05, 0.1) is 0 Å². The Labute approximate surface area is 120 Å². The third-order valence-electron chi connectivity index (χ3n) is 4.45. The lowest BCUT2D eigenvalue weighted by Gasteiger charge is -2.45. The number of hydrogen-bond acceptors (Lipinski definition) is 3. The van der Waals surface area contributed by atoms with Crippen LogP contribution in [0.4, 0.5) is 5.69 Å². The Bertz CT molecular complexity index is 420. The molecule has 1 saturated heterocycles. The molecule has 0 spiro atoms. The van der Waals surface area contributed by atoms with E-state index in [1.54, 1.807) is 0 Å². The molecular formula is C15H22ClN3. The Morgan fingerprint density at radius 3 is 2.21 bits per heavy atom. The van der Waals surface area contributed by atoms with Crippen molar-refractivity contribution in [3.05, 3.63) is 29.3 Å². The Hall–Kier alpha value is -0.770. The largest absolute Gasteiger partial charge is 0.369 e. The predicted octanol–water partition coefficient (Wildman–Crippen LogP) is 2.34. The van der Waals surface area contributed by atoms with E-state index < -0.39 is 0 Å². The van der Waals surface area contributed by atoms with E-state index in [1.807, 2.05) is 12.1 Å². The smallest absolute Gasteiger partial charge is 0.0407 e. The van der Waals surface area contributed by atoms with Crippen LogP contribution in [0.3, 0.4) is 0 Å². The van der Waals surface area contributed by atoms with Gasteiger partial charge in [-0.05, 0) is 43.5 Å². The summed E-state index contributed by atoms with van der Waals surface area (Å²) in [5, 5.41) is 0.803. The van der Waals surface area contributed by atoms with Gasteiger partial charge >= 0.3 is 0 Å². The number of rotatable bonds is 3. The van der Waals surface area contributed by atoms with Crippen LogP contribution in [-0.4, -0.2) is 43.2 Å². The van der Waals surface area contributed by atoms with E-state index in [1.165, 1.54) is 24.9 Å². The van der Waals surface area contributed by atoms with E-state index in [9.17, 15) is 0 Å². The van der Waals surface area contributed by atoms with Crippen LogP contribution >= 0.6 is 11.6 Å². The number of benzene rings is 1. The highest BCUT2D eigenvalue weighted by molar-refractivity contribution is 6.30. The molecule has 1 aromatic rings. The van der Waals surface area contributed by atoms with Crippen molar-refractivity contribution in [3.8, 4) is 0 Å². The van der Waals surface area contributed by atoms with Gasteiger partial charge in [0.25, 0.3) is 0 Å². The van der Waals surface area contributed by atoms with Crippen LogP contribution in [0.5, 0.6) is 0 Å². The minimum atomic E-state index is 0.114. The topological polar surface area (TPSA) is 32.5 Å². The van der Waals surface area contributed by atoms with E-state index in [4.69, 9.17) is 17.3 Å². The molecule has 0 unspecified atom stereocenters. The van der Waals surface area contributed by atoms with Crippen molar-refractivity contribution >= 4 is 17.3 Å². The Kier molecular flexibility index (Phi) is 3.70. The number of nitrogens with two attached hydrogens (primary N) is 1. The molecule has 0 amide bonds. The number of hydrogen-bond donors (Lipinski definition) is 1. The number of anilines is 1. The van der Waals surface area contributed by atoms with Crippen molar-refractivity contribution in [2.45, 2.75) is 24.8 Å². The van der Waals surface area contributed by atoms with Crippen molar-refractivity contribution in [1.29, 1.82) is 0 Å². The average molecular weight is 280 g/mol. The van der Waals surface area contributed by atoms with Crippen molar-refractivity contribution in [1.82, 2.24) is 4.90 Å². The first-order valence-corrected chi connectivity index (χ1v) is 7.54. The van der Waals surface area contributed by atoms with E-state index in [0.717, 1.165) is 37.7 Å². The maximum absolute atomic E-state index is 6.33. The normalized spacial score (nSPS) is 23.2. The summed E-state index contributed by atoms with van der Waals surface area (Å²) in [6, 6.07) is 8.14. The maximum Gasteiger partial charge on any atom is 0.0407 e. The first kappa shape index (κ1) is 13.2. The molecule has 4 heteroatoms. The molecule has 3 rings (SSSR count). The molecule has 0 aromatic heterocycles. The monoisotopic (exact) mass is 279 g/mol. The summed E-state index contributed by atoms with van der Waals surface area (Å²) in [6.07, 6.45) is 3.70. The van der Waals surface area contributed by atoms with Crippen molar-refractivity contribution in [2.75, 3.05) is 37.6 Å². The third-order valence-corrected chi connectivity index (χ3v) is 4.70. The van der Waals surface area contributed by atoms with Crippen LogP contribution in [-0.2, 0) is 0 Å². The van der Waals surface area contributed by atoms with Gasteiger partial charge in [0.2, 0.25) is 0 Å². The molecule has 0 bridgehead atoms. The van der Waals surface area contributed by atoms with Crippen molar-refractivity contribution in [2.24, 2.45) is 5.73 Å². The zero-order valence-electron chi connectivity index (χ0n) is 11.3. The molecule has 2 N–H and O–H groups in total. The maximum atomic E-state index is 6.33. The van der Waals surface area contributed by atoms with E-state index >= 15 is 0 Å². The Morgan fingerprint density at radius 1 is 1.05 bits per heavy atom. The molecule has 3 nitrogen and oxygen atoms in total. The van der Waals surface area contributed by atoms with Crippen LogP contribution in [0.25, 0.3) is 0 Å². The van der Waals surface area contributed by atoms with Crippen LogP contribution in [0, 0.1) is 0 Å². The van der Waals surface area contributed by atoms with E-state index in [0.29, 0.717) is 0 Å². The number of halogens is 1. The fourth-order valence-electron chi connectivity index (χ4n) is 3.05. The summed E-state index contributed by atoms with van der Waals surface area (Å²) in [5.74, 6) is 0. The molecule has 1 aromatic carbocycles. The van der Waals surface area contributed by atoms with Crippen LogP contribution < -0.4 is 10.6 Å². The van der Waals surface area contributed by atoms with Gasteiger partial charge in [-0.2, -0.15) is 0 Å². The first-order valence-electron chi connectivity index (χ1n) is 7.16. The SMILES string of the molecule is NC1(CN2CCN(c3ccc(Cl)cc3)CC2)CCC1. The molecule has 1 saturated carbocycles. The van der Waals surface area contributed by atoms with Crippen molar-refractivity contribution in [3.63, 3.8) is 0 Å². The van der Waals surface area contributed by atoms with Gasteiger partial charge in [0.1, 0.15) is 0 Å². The van der Waals surface area contributed by atoms with Crippen molar-refractivity contribution < 1.29 is 0 Å². The molecule has 1 aliphatic heterocycles. The molecule has 0 radical (unpaired) electrons. The fourth-order valence-corrected chi connectivity index (χ4v) is 3.18. The van der Waals surface area contributed by atoms with Gasteiger partial charge in [-0.25, -0.2) is 0 Å². The standard InChI is InChI=1S/C15H22ClN3/c16-13-2-4-14(5-3-13)19-10-8-18(9-11-19)12-15(17)6-1-7-15/h2-5H,1,6-12,17H2. The summed E-state index contributed by atoms with van der Waals surface area (Å²) < 4.78 is 0. The van der Waals surface area contributed by atoms with Crippen LogP contribution in [0.1, 0.15) is 19.3 Å². The van der Waals surface area contributed by atoms with Gasteiger partial charge < -0.3 is 10.6 Å². The van der Waals surface area contributed by atoms with Crippen LogP contribution in [0.2, 0.25) is 5.02 Å². The molecule has 104 valence electrons. The highest BCUT2D eigenvalue weighted by Crippen LogP contribution is 2.30. The summed E-state index contributed by atoms with van der Waals surface area (Å²) in [5.41, 5.74) is 7.71. The highest BCUT2D eigenvalue weighted by atomic mass is 35.5. The molecular weight excluding hydrogens is 258 g/mol. The fraction of sp³-hybridized carbons (Fsp3) is 0.600. The second kappa shape index (κ2) is 5.31. The van der Waals surface area contributed by atoms with Gasteiger partial charge in [0, 0.05) is 49.0 Å². The average Bonchev–Trinajstić information content (AvgIpc) is 2.39. The van der Waals surface area contributed by atoms with E-state index in [-0.39, 0.29) is 5.54 Å². The third kappa shape index (κ3) is 3.04. The van der Waals surface area contributed by atoms with E-state index in [2.05, 4.69) is 21.9 Å². The lowest BCUT2D eigenvalue weighted by molar-refractivity contribution is 0.139. The van der Waals surface area contributed by atoms with Gasteiger partial charge in [-0.15, -0.1) is 0 Å². The molecule has 0 atom stereocenters. The minimum Gasteiger partial charge on any atom is -0.369 e. The first-order chi connectivity index (χ1) is 9.15. The summed E-state index contributed by atoms with van der Waals surface area (Å²) in [4.78, 5) is 4.95. The Balaban J connectivity index is 1.53. The predicted molar refractivity (Wildman–Crippen MR) is 80.9 cm³/mol. The van der Waals surface area contributed by atoms with Gasteiger partial charge in [-0.1, -0.05) is 11.6 Å². The zero-order valence-corrected chi connectivity index (χ0v) is 12.1. The summed E-state index contributed by atoms with van der Waals surface area (Å²) in [6.45, 7) is 5.46. The molecule has 19 heavy (non-hydrogen) atoms. The zero-order chi connectivity index (χ0) is 13.3. The van der Waals surface area contributed by atoms with Gasteiger partial charge in [-0.3, -0.25) is 4.90 Å². The van der Waals surface area contributed by atoms with Gasteiger partial charge in [0.15, 0.2) is 0 Å². The molecule has 1 aliphatic carbocycles. The second-order valence-electron chi connectivity index (χ2n) is 5.96. The molecule has 2 fully saturated rings. The lowest BCUT2D eigenvalue weighted by atomic mass is 9.77. The number of piperazine rings is 1. The number of nitrogens with zero attached hydrogens (tertiary/aromatic N) is 2. The summed E-state index contributed by atoms with van der Waals surface area (Å²) >= 11 is 5.93.